The van der Waals surface area contributed by atoms with Gasteiger partial charge < -0.3 is 0 Å². The largest absolute Gasteiger partial charge is 0.271 e. The van der Waals surface area contributed by atoms with Gasteiger partial charge in [-0.15, -0.1) is 0 Å². The van der Waals surface area contributed by atoms with Gasteiger partial charge in [-0.3, -0.25) is 16.0 Å². The minimum Gasteiger partial charge on any atom is -0.271 e. The van der Waals surface area contributed by atoms with Crippen molar-refractivity contribution in [3.63, 3.8) is 0 Å². The average molecular weight is 272 g/mol. The van der Waals surface area contributed by atoms with Crippen LogP contribution >= 0.6 is 0 Å². The zero-order valence-electron chi connectivity index (χ0n) is 12.7. The van der Waals surface area contributed by atoms with Gasteiger partial charge in [0.1, 0.15) is 0 Å². The molecule has 2 aromatic rings. The molecule has 4 heteroatoms. The van der Waals surface area contributed by atoms with E-state index < -0.39 is 0 Å². The topological polar surface area (TPSA) is 55.9 Å². The van der Waals surface area contributed by atoms with E-state index in [9.17, 15) is 0 Å². The van der Waals surface area contributed by atoms with Crippen LogP contribution in [-0.4, -0.2) is 9.78 Å². The second kappa shape index (κ2) is 6.20. The lowest BCUT2D eigenvalue weighted by Gasteiger charge is -2.20. The van der Waals surface area contributed by atoms with Crippen LogP contribution in [0.3, 0.4) is 0 Å². The molecular weight excluding hydrogens is 248 g/mol. The van der Waals surface area contributed by atoms with Crippen molar-refractivity contribution in [2.24, 2.45) is 5.84 Å². The number of aromatic nitrogens is 2. The van der Waals surface area contributed by atoms with Crippen molar-refractivity contribution in [3.05, 3.63) is 52.8 Å². The lowest BCUT2D eigenvalue weighted by molar-refractivity contribution is 0.505. The van der Waals surface area contributed by atoms with Crippen LogP contribution in [0.5, 0.6) is 0 Å². The summed E-state index contributed by atoms with van der Waals surface area (Å²) in [6.07, 6.45) is 2.82. The molecule has 4 nitrogen and oxygen atoms in total. The Labute approximate surface area is 121 Å². The molecule has 0 aliphatic carbocycles. The smallest absolute Gasteiger partial charge is 0.0644 e. The van der Waals surface area contributed by atoms with Crippen LogP contribution in [0.4, 0.5) is 0 Å². The summed E-state index contributed by atoms with van der Waals surface area (Å²) in [6.45, 7) is 8.50. The molecule has 0 radical (unpaired) electrons. The molecule has 1 aromatic carbocycles. The second-order valence-electron chi connectivity index (χ2n) is 5.61. The van der Waals surface area contributed by atoms with Crippen molar-refractivity contribution in [1.82, 2.24) is 15.2 Å². The van der Waals surface area contributed by atoms with Gasteiger partial charge in [-0.1, -0.05) is 18.2 Å². The maximum atomic E-state index is 5.77. The lowest BCUT2D eigenvalue weighted by atomic mass is 9.94. The molecule has 3 N–H and O–H groups in total. The SMILES string of the molecule is Cc1cccc(C)c1C(Cc1ccn(C(C)C)n1)NN. The highest BCUT2D eigenvalue weighted by Crippen LogP contribution is 2.24. The summed E-state index contributed by atoms with van der Waals surface area (Å²) >= 11 is 0. The summed E-state index contributed by atoms with van der Waals surface area (Å²) in [5.41, 5.74) is 7.79. The van der Waals surface area contributed by atoms with Gasteiger partial charge in [0.25, 0.3) is 0 Å². The fraction of sp³-hybridized carbons (Fsp3) is 0.438. The van der Waals surface area contributed by atoms with Crippen LogP contribution in [-0.2, 0) is 6.42 Å². The predicted molar refractivity (Wildman–Crippen MR) is 82.3 cm³/mol. The second-order valence-corrected chi connectivity index (χ2v) is 5.61. The van der Waals surface area contributed by atoms with E-state index in [0.717, 1.165) is 12.1 Å². The molecule has 0 bridgehead atoms. The van der Waals surface area contributed by atoms with Crippen LogP contribution in [0.15, 0.2) is 30.5 Å². The highest BCUT2D eigenvalue weighted by Gasteiger charge is 2.16. The van der Waals surface area contributed by atoms with E-state index in [4.69, 9.17) is 5.84 Å². The number of rotatable bonds is 5. The van der Waals surface area contributed by atoms with Crippen molar-refractivity contribution >= 4 is 0 Å². The average Bonchev–Trinajstić information content (AvgIpc) is 2.86. The maximum absolute atomic E-state index is 5.77. The Balaban J connectivity index is 2.24. The molecule has 0 saturated heterocycles. The van der Waals surface area contributed by atoms with E-state index in [-0.39, 0.29) is 6.04 Å². The number of nitrogens with two attached hydrogens (primary N) is 1. The van der Waals surface area contributed by atoms with Crippen LogP contribution < -0.4 is 11.3 Å². The van der Waals surface area contributed by atoms with Gasteiger partial charge in [-0.2, -0.15) is 5.10 Å². The van der Waals surface area contributed by atoms with Crippen LogP contribution in [0.2, 0.25) is 0 Å². The molecule has 20 heavy (non-hydrogen) atoms. The van der Waals surface area contributed by atoms with Crippen LogP contribution in [0.25, 0.3) is 0 Å². The Morgan fingerprint density at radius 1 is 1.20 bits per heavy atom. The third kappa shape index (κ3) is 3.08. The summed E-state index contributed by atoms with van der Waals surface area (Å²) in [6, 6.07) is 8.87. The number of hydrazine groups is 1. The van der Waals surface area contributed by atoms with Gasteiger partial charge in [-0.05, 0) is 50.5 Å². The number of hydrogen-bond acceptors (Lipinski definition) is 3. The Hall–Kier alpha value is -1.65. The fourth-order valence-corrected chi connectivity index (χ4v) is 2.60. The first-order valence-electron chi connectivity index (χ1n) is 7.09. The first-order chi connectivity index (χ1) is 9.52. The van der Waals surface area contributed by atoms with Crippen molar-refractivity contribution < 1.29 is 0 Å². The Morgan fingerprint density at radius 3 is 2.35 bits per heavy atom. The van der Waals surface area contributed by atoms with Crippen LogP contribution in [0, 0.1) is 13.8 Å². The summed E-state index contributed by atoms with van der Waals surface area (Å²) < 4.78 is 1.98. The summed E-state index contributed by atoms with van der Waals surface area (Å²) in [7, 11) is 0. The molecule has 1 unspecified atom stereocenters. The standard InChI is InChI=1S/C16H24N4/c1-11(2)20-9-8-14(19-20)10-15(18-17)16-12(3)6-5-7-13(16)4/h5-9,11,15,18H,10,17H2,1-4H3. The van der Waals surface area contributed by atoms with E-state index >= 15 is 0 Å². The summed E-state index contributed by atoms with van der Waals surface area (Å²) in [5, 5.41) is 4.60. The Kier molecular flexibility index (Phi) is 4.57. The molecule has 108 valence electrons. The van der Waals surface area contributed by atoms with Gasteiger partial charge in [0.15, 0.2) is 0 Å². The van der Waals surface area contributed by atoms with E-state index in [2.05, 4.69) is 62.5 Å². The van der Waals surface area contributed by atoms with Crippen LogP contribution in [0.1, 0.15) is 48.3 Å². The molecule has 1 heterocycles. The van der Waals surface area contributed by atoms with Gasteiger partial charge in [0, 0.05) is 18.7 Å². The monoisotopic (exact) mass is 272 g/mol. The van der Waals surface area contributed by atoms with Gasteiger partial charge in [0.05, 0.1) is 11.7 Å². The molecule has 2 rings (SSSR count). The molecule has 0 aliphatic heterocycles. The number of benzene rings is 1. The summed E-state index contributed by atoms with van der Waals surface area (Å²) in [4.78, 5) is 0. The molecular formula is C16H24N4. The molecule has 0 amide bonds. The van der Waals surface area contributed by atoms with E-state index in [1.54, 1.807) is 0 Å². The predicted octanol–water partition coefficient (Wildman–Crippen LogP) is 2.83. The molecule has 0 fully saturated rings. The highest BCUT2D eigenvalue weighted by atomic mass is 15.3. The summed E-state index contributed by atoms with van der Waals surface area (Å²) in [5.74, 6) is 5.77. The highest BCUT2D eigenvalue weighted by molar-refractivity contribution is 5.36. The van der Waals surface area contributed by atoms with E-state index in [1.807, 2.05) is 10.9 Å². The van der Waals surface area contributed by atoms with Gasteiger partial charge >= 0.3 is 0 Å². The molecule has 0 saturated carbocycles. The zero-order chi connectivity index (χ0) is 14.7. The normalized spacial score (nSPS) is 12.9. The lowest BCUT2D eigenvalue weighted by Crippen LogP contribution is -2.30. The Morgan fingerprint density at radius 2 is 1.85 bits per heavy atom. The minimum atomic E-state index is 0.0895. The van der Waals surface area contributed by atoms with Crippen molar-refractivity contribution in [2.45, 2.75) is 46.2 Å². The number of hydrogen-bond donors (Lipinski definition) is 2. The quantitative estimate of drug-likeness (QED) is 0.650. The maximum Gasteiger partial charge on any atom is 0.0644 e. The molecule has 1 aromatic heterocycles. The van der Waals surface area contributed by atoms with E-state index in [0.29, 0.717) is 6.04 Å². The third-order valence-electron chi connectivity index (χ3n) is 3.70. The van der Waals surface area contributed by atoms with Gasteiger partial charge in [-0.25, -0.2) is 0 Å². The van der Waals surface area contributed by atoms with E-state index in [1.165, 1.54) is 16.7 Å². The number of nitrogens with one attached hydrogen (secondary N) is 1. The zero-order valence-corrected chi connectivity index (χ0v) is 12.7. The Bertz CT molecular complexity index is 551. The van der Waals surface area contributed by atoms with Crippen molar-refractivity contribution in [2.75, 3.05) is 0 Å². The first-order valence-corrected chi connectivity index (χ1v) is 7.09. The minimum absolute atomic E-state index is 0.0895. The molecule has 1 atom stereocenters. The number of nitrogens with zero attached hydrogens (tertiary/aromatic N) is 2. The van der Waals surface area contributed by atoms with Gasteiger partial charge in [0.2, 0.25) is 0 Å². The number of aryl methyl sites for hydroxylation is 2. The van der Waals surface area contributed by atoms with Crippen molar-refractivity contribution in [3.8, 4) is 0 Å². The third-order valence-corrected chi connectivity index (χ3v) is 3.70. The fourth-order valence-electron chi connectivity index (χ4n) is 2.60. The van der Waals surface area contributed by atoms with Crippen molar-refractivity contribution in [1.29, 1.82) is 0 Å². The first kappa shape index (κ1) is 14.8. The molecule has 0 aliphatic rings. The molecule has 0 spiro atoms.